The zero-order valence-corrected chi connectivity index (χ0v) is 13.0. The van der Waals surface area contributed by atoms with Crippen LogP contribution in [0.25, 0.3) is 0 Å². The molecule has 1 aliphatic heterocycles. The van der Waals surface area contributed by atoms with Gasteiger partial charge < -0.3 is 20.5 Å². The van der Waals surface area contributed by atoms with Crippen LogP contribution < -0.4 is 15.4 Å². The summed E-state index contributed by atoms with van der Waals surface area (Å²) in [4.78, 5) is 22.3. The van der Waals surface area contributed by atoms with Crippen molar-refractivity contribution in [3.63, 3.8) is 0 Å². The van der Waals surface area contributed by atoms with Gasteiger partial charge in [-0.25, -0.2) is 4.79 Å². The monoisotopic (exact) mass is 333 g/mol. The number of ether oxygens (including phenoxy) is 1. The van der Waals surface area contributed by atoms with Crippen LogP contribution in [0.1, 0.15) is 12.0 Å². The number of carbonyl (C=O) groups is 2. The Morgan fingerprint density at radius 3 is 2.78 bits per heavy atom. The van der Waals surface area contributed by atoms with Crippen LogP contribution in [0.15, 0.2) is 35.5 Å². The summed E-state index contributed by atoms with van der Waals surface area (Å²) >= 11 is 4.14. The number of rotatable bonds is 6. The van der Waals surface area contributed by atoms with E-state index in [4.69, 9.17) is 15.1 Å². The average Bonchev–Trinajstić information content (AvgIpc) is 2.51. The van der Waals surface area contributed by atoms with E-state index < -0.39 is 24.0 Å². The first-order valence-corrected chi connectivity index (χ1v) is 7.34. The number of aliphatic carboxylic acids is 1. The van der Waals surface area contributed by atoms with Gasteiger partial charge in [-0.15, -0.1) is 12.6 Å². The Labute approximate surface area is 138 Å². The molecule has 120 valence electrons. The Morgan fingerprint density at radius 2 is 2.09 bits per heavy atom. The van der Waals surface area contributed by atoms with Crippen molar-refractivity contribution in [3.05, 3.63) is 41.1 Å². The van der Waals surface area contributed by atoms with E-state index in [0.717, 1.165) is 5.56 Å². The van der Waals surface area contributed by atoms with E-state index in [2.05, 4.69) is 23.3 Å². The normalized spacial score (nSPS) is 17.0. The van der Waals surface area contributed by atoms with Gasteiger partial charge in [0.1, 0.15) is 22.9 Å². The summed E-state index contributed by atoms with van der Waals surface area (Å²) in [5, 5.41) is 23.2. The van der Waals surface area contributed by atoms with E-state index in [0.29, 0.717) is 24.3 Å². The number of nitrogens with one attached hydrogen (secondary N) is 2. The second-order valence-electron chi connectivity index (χ2n) is 4.78. The van der Waals surface area contributed by atoms with Gasteiger partial charge in [0.15, 0.2) is 6.61 Å². The number of carboxylic acids is 1. The molecule has 8 heteroatoms. The van der Waals surface area contributed by atoms with Gasteiger partial charge in [0.25, 0.3) is 5.91 Å². The minimum atomic E-state index is -1.06. The van der Waals surface area contributed by atoms with Gasteiger partial charge in [-0.05, 0) is 24.5 Å². The molecule has 0 aromatic heterocycles. The first kappa shape index (κ1) is 16.7. The van der Waals surface area contributed by atoms with Crippen LogP contribution in [0.5, 0.6) is 5.75 Å². The maximum Gasteiger partial charge on any atom is 0.341 e. The molecular weight excluding hydrogens is 318 g/mol. The number of amides is 1. The van der Waals surface area contributed by atoms with Gasteiger partial charge >= 0.3 is 5.97 Å². The second-order valence-corrected chi connectivity index (χ2v) is 5.29. The lowest BCUT2D eigenvalue weighted by molar-refractivity contribution is -0.139. The molecule has 0 saturated heterocycles. The Bertz CT molecular complexity index is 696. The average molecular weight is 333 g/mol. The highest BCUT2D eigenvalue weighted by Crippen LogP contribution is 2.22. The Morgan fingerprint density at radius 1 is 1.35 bits per heavy atom. The molecule has 1 aliphatic rings. The van der Waals surface area contributed by atoms with Crippen molar-refractivity contribution in [2.24, 2.45) is 0 Å². The largest absolute Gasteiger partial charge is 0.482 e. The zero-order valence-electron chi connectivity index (χ0n) is 12.1. The Hall–Kier alpha value is -2.66. The van der Waals surface area contributed by atoms with Crippen molar-refractivity contribution < 1.29 is 19.4 Å². The van der Waals surface area contributed by atoms with Gasteiger partial charge in [0, 0.05) is 5.70 Å². The molecule has 1 heterocycles. The number of benzene rings is 1. The molecule has 0 spiro atoms. The van der Waals surface area contributed by atoms with Gasteiger partial charge in [-0.2, -0.15) is 5.26 Å². The van der Waals surface area contributed by atoms with E-state index in [-0.39, 0.29) is 5.57 Å². The molecule has 23 heavy (non-hydrogen) atoms. The fraction of sp³-hybridized carbons (Fsp3) is 0.267. The van der Waals surface area contributed by atoms with Gasteiger partial charge in [0.2, 0.25) is 0 Å². The van der Waals surface area contributed by atoms with Crippen LogP contribution >= 0.6 is 12.6 Å². The van der Waals surface area contributed by atoms with E-state index >= 15 is 0 Å². The number of nitriles is 1. The molecule has 0 aliphatic carbocycles. The van der Waals surface area contributed by atoms with Crippen LogP contribution in [-0.2, 0) is 16.0 Å². The molecule has 1 aromatic carbocycles. The smallest absolute Gasteiger partial charge is 0.341 e. The first-order valence-electron chi connectivity index (χ1n) is 6.82. The minimum absolute atomic E-state index is 0.0271. The van der Waals surface area contributed by atoms with Crippen molar-refractivity contribution in [2.45, 2.75) is 18.3 Å². The number of para-hydroxylation sites is 1. The summed E-state index contributed by atoms with van der Waals surface area (Å²) in [5.74, 6) is -1.05. The van der Waals surface area contributed by atoms with Crippen LogP contribution in [0.2, 0.25) is 0 Å². The summed E-state index contributed by atoms with van der Waals surface area (Å²) in [6.45, 7) is -0.428. The predicted molar refractivity (Wildman–Crippen MR) is 84.6 cm³/mol. The standard InChI is InChI=1S/C15H15N3O4S/c16-7-10-11(17-15(23)18-14(10)21)6-5-9-3-1-2-4-12(9)22-8-13(19)20/h1-4,15,17,23H,5-6,8H2,(H,18,21)(H,19,20). The lowest BCUT2D eigenvalue weighted by atomic mass is 10.0. The summed E-state index contributed by atoms with van der Waals surface area (Å²) in [7, 11) is 0. The molecule has 0 radical (unpaired) electrons. The number of carbonyl (C=O) groups excluding carboxylic acids is 1. The second kappa shape index (κ2) is 7.56. The molecular formula is C15H15N3O4S. The quantitative estimate of drug-likeness (QED) is 0.573. The summed E-state index contributed by atoms with van der Waals surface area (Å²) in [5.41, 5.74) is 0.777. The Balaban J connectivity index is 2.13. The lowest BCUT2D eigenvalue weighted by Crippen LogP contribution is -2.47. The van der Waals surface area contributed by atoms with E-state index in [9.17, 15) is 9.59 Å². The van der Waals surface area contributed by atoms with E-state index in [1.54, 1.807) is 12.1 Å². The SMILES string of the molecule is N#CC1=C(CCc2ccccc2OCC(=O)O)NC(S)NC1=O. The molecule has 0 bridgehead atoms. The molecule has 1 unspecified atom stereocenters. The molecule has 0 saturated carbocycles. The van der Waals surface area contributed by atoms with Crippen molar-refractivity contribution >= 4 is 24.5 Å². The minimum Gasteiger partial charge on any atom is -0.482 e. The van der Waals surface area contributed by atoms with E-state index in [1.165, 1.54) is 0 Å². The van der Waals surface area contributed by atoms with Gasteiger partial charge in [0.05, 0.1) is 0 Å². The molecule has 1 aromatic rings. The summed E-state index contributed by atoms with van der Waals surface area (Å²) in [6, 6.07) is 8.93. The van der Waals surface area contributed by atoms with Gasteiger partial charge in [-0.3, -0.25) is 4.79 Å². The number of carboxylic acid groups (broad SMARTS) is 1. The number of hydrogen-bond acceptors (Lipinski definition) is 6. The van der Waals surface area contributed by atoms with Crippen LogP contribution in [0, 0.1) is 11.3 Å². The molecule has 1 amide bonds. The predicted octanol–water partition coefficient (Wildman–Crippen LogP) is 0.793. The fourth-order valence-corrected chi connectivity index (χ4v) is 2.45. The third-order valence-corrected chi connectivity index (χ3v) is 3.45. The van der Waals surface area contributed by atoms with Crippen LogP contribution in [-0.4, -0.2) is 29.1 Å². The molecule has 2 rings (SSSR count). The van der Waals surface area contributed by atoms with Crippen LogP contribution in [0.4, 0.5) is 0 Å². The summed E-state index contributed by atoms with van der Waals surface area (Å²) in [6.07, 6.45) is 0.887. The topological polar surface area (TPSA) is 111 Å². The van der Waals surface area contributed by atoms with E-state index in [1.807, 2.05) is 18.2 Å². The maximum atomic E-state index is 11.7. The van der Waals surface area contributed by atoms with Crippen molar-refractivity contribution in [3.8, 4) is 11.8 Å². The highest BCUT2D eigenvalue weighted by Gasteiger charge is 2.24. The van der Waals surface area contributed by atoms with Gasteiger partial charge in [-0.1, -0.05) is 18.2 Å². The third-order valence-electron chi connectivity index (χ3n) is 3.19. The number of nitrogens with zero attached hydrogens (tertiary/aromatic N) is 1. The number of allylic oxidation sites excluding steroid dienone is 1. The maximum absolute atomic E-state index is 11.7. The highest BCUT2D eigenvalue weighted by atomic mass is 32.1. The number of aryl methyl sites for hydroxylation is 1. The molecule has 7 nitrogen and oxygen atoms in total. The fourth-order valence-electron chi connectivity index (χ4n) is 2.17. The zero-order chi connectivity index (χ0) is 16.8. The van der Waals surface area contributed by atoms with Crippen molar-refractivity contribution in [2.75, 3.05) is 6.61 Å². The molecule has 1 atom stereocenters. The molecule has 0 fully saturated rings. The number of thiol groups is 1. The molecule has 3 N–H and O–H groups in total. The van der Waals surface area contributed by atoms with Crippen molar-refractivity contribution in [1.29, 1.82) is 5.26 Å². The first-order chi connectivity index (χ1) is 11.0. The lowest BCUT2D eigenvalue weighted by Gasteiger charge is -2.24. The number of hydrogen-bond donors (Lipinski definition) is 4. The Kier molecular flexibility index (Phi) is 5.49. The van der Waals surface area contributed by atoms with Crippen molar-refractivity contribution in [1.82, 2.24) is 10.6 Å². The van der Waals surface area contributed by atoms with Crippen LogP contribution in [0.3, 0.4) is 0 Å². The highest BCUT2D eigenvalue weighted by molar-refractivity contribution is 7.80. The summed E-state index contributed by atoms with van der Waals surface area (Å²) < 4.78 is 5.24. The third kappa shape index (κ3) is 4.40.